The first-order chi connectivity index (χ1) is 6.45. The monoisotopic (exact) mass is 221 g/mol. The third-order valence-corrected chi connectivity index (χ3v) is 4.44. The Bertz CT molecular complexity index is 276. The number of sulfone groups is 1. The van der Waals surface area contributed by atoms with E-state index < -0.39 is 9.84 Å². The van der Waals surface area contributed by atoms with Gasteiger partial charge in [0.05, 0.1) is 11.9 Å². The maximum absolute atomic E-state index is 11.4. The van der Waals surface area contributed by atoms with Crippen LogP contribution in [0.4, 0.5) is 0 Å². The summed E-state index contributed by atoms with van der Waals surface area (Å²) < 4.78 is 22.8. The van der Waals surface area contributed by atoms with Gasteiger partial charge >= 0.3 is 0 Å². The normalized spacial score (nSPS) is 30.5. The lowest BCUT2D eigenvalue weighted by molar-refractivity contribution is 0.241. The topological polar surface area (TPSA) is 66.4 Å². The molecule has 1 aliphatic rings. The molecule has 0 aromatic carbocycles. The Hall–Kier alpha value is -0.130. The third-order valence-electron chi connectivity index (χ3n) is 2.77. The molecule has 0 saturated heterocycles. The molecule has 0 aliphatic heterocycles. The van der Waals surface area contributed by atoms with E-state index in [0.29, 0.717) is 0 Å². The summed E-state index contributed by atoms with van der Waals surface area (Å²) in [7, 11) is -2.95. The minimum atomic E-state index is -2.95. The molecule has 0 amide bonds. The molecule has 1 aliphatic carbocycles. The van der Waals surface area contributed by atoms with Gasteiger partial charge in [-0.3, -0.25) is 0 Å². The Balaban J connectivity index is 2.60. The van der Waals surface area contributed by atoms with E-state index in [9.17, 15) is 8.42 Å². The van der Waals surface area contributed by atoms with Gasteiger partial charge in [-0.2, -0.15) is 0 Å². The molecule has 1 fully saturated rings. The van der Waals surface area contributed by atoms with Gasteiger partial charge < -0.3 is 10.4 Å². The van der Waals surface area contributed by atoms with Crippen molar-refractivity contribution in [3.8, 4) is 0 Å². The zero-order valence-corrected chi connectivity index (χ0v) is 9.55. The Morgan fingerprint density at radius 3 is 2.64 bits per heavy atom. The van der Waals surface area contributed by atoms with Crippen LogP contribution >= 0.6 is 0 Å². The number of aliphatic hydroxyl groups is 1. The highest BCUT2D eigenvalue weighted by molar-refractivity contribution is 7.91. The van der Waals surface area contributed by atoms with E-state index in [2.05, 4.69) is 5.32 Å². The Kier molecular flexibility index (Phi) is 3.92. The summed E-state index contributed by atoms with van der Waals surface area (Å²) in [5.74, 6) is 0. The summed E-state index contributed by atoms with van der Waals surface area (Å²) in [4.78, 5) is 0. The van der Waals surface area contributed by atoms with Crippen LogP contribution in [-0.2, 0) is 9.84 Å². The molecule has 14 heavy (non-hydrogen) atoms. The predicted octanol–water partition coefficient (Wildman–Crippen LogP) is -0.0775. The first-order valence-corrected chi connectivity index (χ1v) is 6.96. The van der Waals surface area contributed by atoms with Gasteiger partial charge in [-0.05, 0) is 19.8 Å². The second-order valence-corrected chi connectivity index (χ2v) is 6.42. The zero-order valence-electron chi connectivity index (χ0n) is 8.73. The van der Waals surface area contributed by atoms with Crippen molar-refractivity contribution in [2.45, 2.75) is 43.5 Å². The second kappa shape index (κ2) is 4.59. The number of hydrogen-bond acceptors (Lipinski definition) is 4. The van der Waals surface area contributed by atoms with Crippen molar-refractivity contribution in [1.29, 1.82) is 0 Å². The van der Waals surface area contributed by atoms with Gasteiger partial charge in [-0.25, -0.2) is 8.42 Å². The van der Waals surface area contributed by atoms with E-state index >= 15 is 0 Å². The maximum Gasteiger partial charge on any atom is 0.151 e. The van der Waals surface area contributed by atoms with Crippen LogP contribution in [-0.4, -0.2) is 43.7 Å². The van der Waals surface area contributed by atoms with Crippen molar-refractivity contribution in [2.24, 2.45) is 0 Å². The molecule has 0 spiro atoms. The van der Waals surface area contributed by atoms with Gasteiger partial charge in [0, 0.05) is 18.3 Å². The van der Waals surface area contributed by atoms with Crippen LogP contribution in [0.3, 0.4) is 0 Å². The number of aliphatic hydroxyl groups excluding tert-OH is 1. The van der Waals surface area contributed by atoms with Gasteiger partial charge in [0.2, 0.25) is 0 Å². The fourth-order valence-electron chi connectivity index (χ4n) is 2.05. The molecule has 0 unspecified atom stereocenters. The van der Waals surface area contributed by atoms with Crippen LogP contribution in [0.1, 0.15) is 26.2 Å². The number of nitrogens with one attached hydrogen (secondary N) is 1. The average Bonchev–Trinajstić information content (AvgIpc) is 2.51. The van der Waals surface area contributed by atoms with Gasteiger partial charge in [-0.15, -0.1) is 0 Å². The molecule has 0 bridgehead atoms. The maximum atomic E-state index is 11.4. The summed E-state index contributed by atoms with van der Waals surface area (Å²) in [6.07, 6.45) is 3.88. The van der Waals surface area contributed by atoms with E-state index in [0.717, 1.165) is 19.3 Å². The van der Waals surface area contributed by atoms with E-state index in [1.807, 2.05) is 6.92 Å². The quantitative estimate of drug-likeness (QED) is 0.697. The smallest absolute Gasteiger partial charge is 0.151 e. The van der Waals surface area contributed by atoms with Crippen molar-refractivity contribution in [3.05, 3.63) is 0 Å². The lowest BCUT2D eigenvalue weighted by atomic mass is 10.2. The molecule has 1 saturated carbocycles. The number of rotatable bonds is 4. The lowest BCUT2D eigenvalue weighted by Gasteiger charge is -2.22. The van der Waals surface area contributed by atoms with Crippen LogP contribution in [0.2, 0.25) is 0 Å². The molecule has 0 aromatic heterocycles. The predicted molar refractivity (Wildman–Crippen MR) is 56.0 cm³/mol. The van der Waals surface area contributed by atoms with Crippen molar-refractivity contribution in [2.75, 3.05) is 12.9 Å². The first-order valence-electron chi connectivity index (χ1n) is 5.01. The van der Waals surface area contributed by atoms with E-state index in [-0.39, 0.29) is 23.9 Å². The van der Waals surface area contributed by atoms with Crippen LogP contribution in [0.15, 0.2) is 0 Å². The van der Waals surface area contributed by atoms with Gasteiger partial charge in [0.25, 0.3) is 0 Å². The summed E-state index contributed by atoms with van der Waals surface area (Å²) >= 11 is 0. The standard InChI is InChI=1S/C9H19NO3S/c1-7(6-11)10-8-4-3-5-9(8)14(2,12)13/h7-11H,3-6H2,1-2H3/t7-,8-,9-/m1/s1. The van der Waals surface area contributed by atoms with Crippen LogP contribution in [0.5, 0.6) is 0 Å². The van der Waals surface area contributed by atoms with Gasteiger partial charge in [0.15, 0.2) is 9.84 Å². The molecule has 1 rings (SSSR count). The molecule has 0 heterocycles. The van der Waals surface area contributed by atoms with Crippen LogP contribution < -0.4 is 5.32 Å². The molecule has 4 nitrogen and oxygen atoms in total. The molecule has 5 heteroatoms. The highest BCUT2D eigenvalue weighted by Crippen LogP contribution is 2.25. The third kappa shape index (κ3) is 2.93. The minimum absolute atomic E-state index is 0.0205. The van der Waals surface area contributed by atoms with Crippen LogP contribution in [0.25, 0.3) is 0 Å². The lowest BCUT2D eigenvalue weighted by Crippen LogP contribution is -2.45. The molecule has 0 radical (unpaired) electrons. The largest absolute Gasteiger partial charge is 0.395 e. The van der Waals surface area contributed by atoms with Gasteiger partial charge in [-0.1, -0.05) is 6.42 Å². The highest BCUT2D eigenvalue weighted by atomic mass is 32.2. The molecule has 84 valence electrons. The zero-order chi connectivity index (χ0) is 10.8. The van der Waals surface area contributed by atoms with Crippen molar-refractivity contribution < 1.29 is 13.5 Å². The van der Waals surface area contributed by atoms with Crippen molar-refractivity contribution in [1.82, 2.24) is 5.32 Å². The molecular formula is C9H19NO3S. The molecular weight excluding hydrogens is 202 g/mol. The molecule has 2 N–H and O–H groups in total. The summed E-state index contributed by atoms with van der Waals surface area (Å²) in [6, 6.07) is -0.00509. The fraction of sp³-hybridized carbons (Fsp3) is 1.00. The van der Waals surface area contributed by atoms with Crippen LogP contribution in [0, 0.1) is 0 Å². The number of hydrogen-bond donors (Lipinski definition) is 2. The summed E-state index contributed by atoms with van der Waals surface area (Å²) in [5, 5.41) is 11.8. The van der Waals surface area contributed by atoms with E-state index in [4.69, 9.17) is 5.11 Å². The summed E-state index contributed by atoms with van der Waals surface area (Å²) in [5.41, 5.74) is 0. The second-order valence-electron chi connectivity index (χ2n) is 4.16. The minimum Gasteiger partial charge on any atom is -0.395 e. The van der Waals surface area contributed by atoms with Crippen molar-refractivity contribution in [3.63, 3.8) is 0 Å². The Labute approximate surface area is 85.6 Å². The molecule has 3 atom stereocenters. The van der Waals surface area contributed by atoms with E-state index in [1.165, 1.54) is 6.26 Å². The molecule has 0 aromatic rings. The van der Waals surface area contributed by atoms with Gasteiger partial charge in [0.1, 0.15) is 0 Å². The van der Waals surface area contributed by atoms with E-state index in [1.54, 1.807) is 0 Å². The fourth-order valence-corrected chi connectivity index (χ4v) is 3.45. The van der Waals surface area contributed by atoms with Crippen molar-refractivity contribution >= 4 is 9.84 Å². The Morgan fingerprint density at radius 1 is 1.50 bits per heavy atom. The Morgan fingerprint density at radius 2 is 2.14 bits per heavy atom. The average molecular weight is 221 g/mol. The highest BCUT2D eigenvalue weighted by Gasteiger charge is 2.34. The first kappa shape index (κ1) is 11.9. The SMILES string of the molecule is C[C@H](CO)N[C@@H]1CCC[C@H]1S(C)(=O)=O. The summed E-state index contributed by atoms with van der Waals surface area (Å²) in [6.45, 7) is 1.91.